The number of H-pyrrole nitrogens is 1. The van der Waals surface area contributed by atoms with Crippen LogP contribution in [0.3, 0.4) is 0 Å². The van der Waals surface area contributed by atoms with Crippen LogP contribution in [-0.4, -0.2) is 29.9 Å². The van der Waals surface area contributed by atoms with Gasteiger partial charge in [0.1, 0.15) is 11.6 Å². The van der Waals surface area contributed by atoms with Gasteiger partial charge in [-0.2, -0.15) is 0 Å². The molecule has 0 radical (unpaired) electrons. The second kappa shape index (κ2) is 7.79. The van der Waals surface area contributed by atoms with E-state index in [4.69, 9.17) is 4.98 Å². The van der Waals surface area contributed by atoms with Crippen LogP contribution in [0, 0.1) is 5.82 Å². The van der Waals surface area contributed by atoms with Gasteiger partial charge in [0.15, 0.2) is 5.65 Å². The minimum atomic E-state index is -0.403. The standard InChI is InChI=1S/C23H17FN6/c24-19-14-27-10-7-17(19)18-11-20-23(30-22(18)16-4-2-9-26-13-16)29-21(28-20)6-5-15-3-1-8-25-12-15/h1-4,7-14H,5-6H2,(H,28,29,30). The molecule has 0 saturated heterocycles. The van der Waals surface area contributed by atoms with Gasteiger partial charge < -0.3 is 4.98 Å². The Kier molecular flexibility index (Phi) is 4.69. The van der Waals surface area contributed by atoms with Crippen molar-refractivity contribution in [3.8, 4) is 22.4 Å². The number of nitrogens with zero attached hydrogens (tertiary/aromatic N) is 5. The van der Waals surface area contributed by atoms with Crippen molar-refractivity contribution >= 4 is 11.2 Å². The van der Waals surface area contributed by atoms with E-state index in [-0.39, 0.29) is 0 Å². The molecule has 0 atom stereocenters. The van der Waals surface area contributed by atoms with Gasteiger partial charge in [-0.15, -0.1) is 0 Å². The number of aromatic nitrogens is 6. The Bertz CT molecular complexity index is 1300. The van der Waals surface area contributed by atoms with E-state index in [0.717, 1.165) is 35.3 Å². The largest absolute Gasteiger partial charge is 0.341 e. The van der Waals surface area contributed by atoms with Gasteiger partial charge in [-0.25, -0.2) is 14.4 Å². The molecular formula is C23H17FN6. The van der Waals surface area contributed by atoms with Crippen LogP contribution >= 0.6 is 0 Å². The van der Waals surface area contributed by atoms with Crippen LogP contribution in [0.25, 0.3) is 33.5 Å². The molecule has 0 aromatic carbocycles. The summed E-state index contributed by atoms with van der Waals surface area (Å²) in [6.07, 6.45) is 11.3. The van der Waals surface area contributed by atoms with Gasteiger partial charge >= 0.3 is 0 Å². The van der Waals surface area contributed by atoms with Crippen molar-refractivity contribution in [2.24, 2.45) is 0 Å². The average Bonchev–Trinajstić information content (AvgIpc) is 3.20. The van der Waals surface area contributed by atoms with Crippen LogP contribution in [0.5, 0.6) is 0 Å². The molecule has 0 bridgehead atoms. The Morgan fingerprint density at radius 3 is 2.40 bits per heavy atom. The maximum absolute atomic E-state index is 14.5. The van der Waals surface area contributed by atoms with E-state index in [1.165, 1.54) is 6.20 Å². The third-order valence-electron chi connectivity index (χ3n) is 4.89. The third-order valence-corrected chi connectivity index (χ3v) is 4.89. The molecule has 0 unspecified atom stereocenters. The molecule has 0 aliphatic heterocycles. The molecule has 5 aromatic heterocycles. The number of pyridine rings is 4. The van der Waals surface area contributed by atoms with Crippen molar-refractivity contribution < 1.29 is 4.39 Å². The van der Waals surface area contributed by atoms with Crippen LogP contribution in [0.1, 0.15) is 11.4 Å². The summed E-state index contributed by atoms with van der Waals surface area (Å²) < 4.78 is 14.5. The molecule has 0 fully saturated rings. The van der Waals surface area contributed by atoms with Gasteiger partial charge in [0.05, 0.1) is 17.4 Å². The van der Waals surface area contributed by atoms with Gasteiger partial charge in [-0.1, -0.05) is 6.07 Å². The molecule has 5 rings (SSSR count). The average molecular weight is 396 g/mol. The topological polar surface area (TPSA) is 80.2 Å². The van der Waals surface area contributed by atoms with Crippen LogP contribution in [0.2, 0.25) is 0 Å². The summed E-state index contributed by atoms with van der Waals surface area (Å²) in [5, 5.41) is 0. The monoisotopic (exact) mass is 396 g/mol. The molecule has 1 N–H and O–H groups in total. The molecule has 5 heterocycles. The molecular weight excluding hydrogens is 379 g/mol. The molecule has 0 aliphatic carbocycles. The summed E-state index contributed by atoms with van der Waals surface area (Å²) in [6.45, 7) is 0. The second-order valence-corrected chi connectivity index (χ2v) is 6.90. The Balaban J connectivity index is 1.59. The van der Waals surface area contributed by atoms with Crippen LogP contribution in [-0.2, 0) is 12.8 Å². The lowest BCUT2D eigenvalue weighted by Gasteiger charge is -2.09. The fourth-order valence-electron chi connectivity index (χ4n) is 3.44. The van der Waals surface area contributed by atoms with Crippen molar-refractivity contribution in [3.05, 3.63) is 90.8 Å². The summed E-state index contributed by atoms with van der Waals surface area (Å²) >= 11 is 0. The zero-order valence-electron chi connectivity index (χ0n) is 16.0. The van der Waals surface area contributed by atoms with Gasteiger partial charge in [-0.3, -0.25) is 15.0 Å². The molecule has 5 aromatic rings. The van der Waals surface area contributed by atoms with Gasteiger partial charge in [0.25, 0.3) is 0 Å². The van der Waals surface area contributed by atoms with Gasteiger partial charge in [-0.05, 0) is 42.3 Å². The first kappa shape index (κ1) is 18.1. The molecule has 30 heavy (non-hydrogen) atoms. The number of nitrogens with one attached hydrogen (secondary N) is 1. The first-order chi connectivity index (χ1) is 14.8. The Morgan fingerprint density at radius 1 is 0.800 bits per heavy atom. The number of fused-ring (bicyclic) bond motifs is 1. The van der Waals surface area contributed by atoms with Crippen molar-refractivity contribution in [2.45, 2.75) is 12.8 Å². The van der Waals surface area contributed by atoms with Crippen molar-refractivity contribution in [2.75, 3.05) is 0 Å². The van der Waals surface area contributed by atoms with Crippen LogP contribution in [0.4, 0.5) is 4.39 Å². The lowest BCUT2D eigenvalue weighted by molar-refractivity contribution is 0.625. The first-order valence-electron chi connectivity index (χ1n) is 9.57. The lowest BCUT2D eigenvalue weighted by atomic mass is 10.0. The highest BCUT2D eigenvalue weighted by atomic mass is 19.1. The van der Waals surface area contributed by atoms with Crippen LogP contribution in [0.15, 0.2) is 73.6 Å². The summed E-state index contributed by atoms with van der Waals surface area (Å²) in [4.78, 5) is 24.9. The summed E-state index contributed by atoms with van der Waals surface area (Å²) in [6, 6.07) is 11.2. The number of hydrogen-bond donors (Lipinski definition) is 1. The number of aromatic amines is 1. The predicted molar refractivity (Wildman–Crippen MR) is 112 cm³/mol. The van der Waals surface area contributed by atoms with E-state index in [1.807, 2.05) is 36.5 Å². The number of imidazole rings is 1. The molecule has 146 valence electrons. The molecule has 0 saturated carbocycles. The number of rotatable bonds is 5. The van der Waals surface area contributed by atoms with Gasteiger partial charge in [0, 0.05) is 54.1 Å². The van der Waals surface area contributed by atoms with Crippen molar-refractivity contribution in [3.63, 3.8) is 0 Å². The summed E-state index contributed by atoms with van der Waals surface area (Å²) in [5.41, 5.74) is 5.02. The quantitative estimate of drug-likeness (QED) is 0.476. The van der Waals surface area contributed by atoms with E-state index in [9.17, 15) is 4.39 Å². The minimum Gasteiger partial charge on any atom is -0.341 e. The van der Waals surface area contributed by atoms with E-state index < -0.39 is 5.82 Å². The highest BCUT2D eigenvalue weighted by Gasteiger charge is 2.17. The molecule has 0 spiro atoms. The van der Waals surface area contributed by atoms with Crippen molar-refractivity contribution in [1.29, 1.82) is 0 Å². The first-order valence-corrected chi connectivity index (χ1v) is 9.57. The Labute approximate surface area is 171 Å². The predicted octanol–water partition coefficient (Wildman–Crippen LogP) is 4.40. The lowest BCUT2D eigenvalue weighted by Crippen LogP contribution is -1.94. The smallest absolute Gasteiger partial charge is 0.178 e. The minimum absolute atomic E-state index is 0.403. The normalized spacial score (nSPS) is 11.1. The van der Waals surface area contributed by atoms with Crippen LogP contribution < -0.4 is 0 Å². The SMILES string of the molecule is Fc1cnccc1-c1cc2[nH]c(CCc3cccnc3)nc2nc1-c1cccnc1. The van der Waals surface area contributed by atoms with E-state index >= 15 is 0 Å². The van der Waals surface area contributed by atoms with E-state index in [1.54, 1.807) is 30.9 Å². The molecule has 7 heteroatoms. The zero-order valence-corrected chi connectivity index (χ0v) is 16.0. The Hall–Kier alpha value is -4.00. The zero-order chi connectivity index (χ0) is 20.3. The molecule has 0 amide bonds. The summed E-state index contributed by atoms with van der Waals surface area (Å²) in [5.74, 6) is 0.422. The fraction of sp³-hybridized carbons (Fsp3) is 0.0870. The second-order valence-electron chi connectivity index (χ2n) is 6.90. The molecule has 0 aliphatic rings. The van der Waals surface area contributed by atoms with Crippen molar-refractivity contribution in [1.82, 2.24) is 29.9 Å². The number of aryl methyl sites for hydroxylation is 2. The Morgan fingerprint density at radius 2 is 1.63 bits per heavy atom. The van der Waals surface area contributed by atoms with Gasteiger partial charge in [0.2, 0.25) is 0 Å². The third kappa shape index (κ3) is 3.53. The fourth-order valence-corrected chi connectivity index (χ4v) is 3.44. The maximum Gasteiger partial charge on any atom is 0.178 e. The van der Waals surface area contributed by atoms with E-state index in [0.29, 0.717) is 22.5 Å². The number of halogens is 1. The maximum atomic E-state index is 14.5. The highest BCUT2D eigenvalue weighted by molar-refractivity contribution is 5.88. The van der Waals surface area contributed by atoms with E-state index in [2.05, 4.69) is 24.9 Å². The number of hydrogen-bond acceptors (Lipinski definition) is 5. The highest BCUT2D eigenvalue weighted by Crippen LogP contribution is 2.33. The summed E-state index contributed by atoms with van der Waals surface area (Å²) in [7, 11) is 0. The molecule has 6 nitrogen and oxygen atoms in total.